The Labute approximate surface area is 125 Å². The van der Waals surface area contributed by atoms with Crippen LogP contribution in [0.15, 0.2) is 0 Å². The van der Waals surface area contributed by atoms with Crippen LogP contribution >= 0.6 is 11.8 Å². The van der Waals surface area contributed by atoms with Gasteiger partial charge in [0.2, 0.25) is 5.91 Å². The number of ether oxygens (including phenoxy) is 1. The Hall–Kier alpha value is -0.910. The molecule has 5 nitrogen and oxygen atoms in total. The number of carbonyl (C=O) groups is 2. The molecule has 1 unspecified atom stereocenters. The van der Waals surface area contributed by atoms with Gasteiger partial charge in [-0.1, -0.05) is 6.92 Å². The van der Waals surface area contributed by atoms with Crippen molar-refractivity contribution < 1.29 is 14.3 Å². The predicted octanol–water partition coefficient (Wildman–Crippen LogP) is 1.96. The third-order valence-electron chi connectivity index (χ3n) is 4.14. The number of thioether (sulfide) groups is 1. The highest BCUT2D eigenvalue weighted by Gasteiger charge is 2.37. The van der Waals surface area contributed by atoms with Gasteiger partial charge in [0, 0.05) is 31.3 Å². The van der Waals surface area contributed by atoms with Gasteiger partial charge in [0.15, 0.2) is 0 Å². The topological polar surface area (TPSA) is 49.9 Å². The molecule has 1 atom stereocenters. The van der Waals surface area contributed by atoms with Crippen LogP contribution in [-0.4, -0.2) is 65.6 Å². The second-order valence-corrected chi connectivity index (χ2v) is 6.41. The van der Waals surface area contributed by atoms with E-state index in [4.69, 9.17) is 4.74 Å². The maximum atomic E-state index is 12.0. The van der Waals surface area contributed by atoms with E-state index in [-0.39, 0.29) is 24.1 Å². The molecular weight excluding hydrogens is 276 g/mol. The number of rotatable bonds is 5. The van der Waals surface area contributed by atoms with Crippen LogP contribution in [0, 0.1) is 0 Å². The first-order valence-corrected chi connectivity index (χ1v) is 8.79. The van der Waals surface area contributed by atoms with Crippen molar-refractivity contribution in [1.29, 1.82) is 0 Å². The minimum absolute atomic E-state index is 0.0451. The van der Waals surface area contributed by atoms with Gasteiger partial charge in [0.1, 0.15) is 6.10 Å². The summed E-state index contributed by atoms with van der Waals surface area (Å²) in [4.78, 5) is 27.6. The molecule has 0 N–H and O–H groups in total. The van der Waals surface area contributed by atoms with E-state index in [1.54, 1.807) is 11.8 Å². The molecule has 2 fully saturated rings. The normalized spacial score (nSPS) is 24.1. The number of likely N-dealkylation sites (tertiary alicyclic amines) is 1. The zero-order chi connectivity index (χ0) is 14.5. The van der Waals surface area contributed by atoms with Crippen LogP contribution in [0.5, 0.6) is 0 Å². The molecule has 2 amide bonds. The standard InChI is InChI=1S/C14H24N2O3S/c1-3-12-10-16(14(18)19-12)11-4-7-15(8-5-11)13(17)6-9-20-2/h11-12H,3-10H2,1-2H3. The summed E-state index contributed by atoms with van der Waals surface area (Å²) in [6, 6.07) is 0.239. The molecule has 2 aliphatic heterocycles. The number of piperidine rings is 1. The lowest BCUT2D eigenvalue weighted by Gasteiger charge is -2.35. The Morgan fingerprint density at radius 1 is 1.40 bits per heavy atom. The smallest absolute Gasteiger partial charge is 0.410 e. The second kappa shape index (κ2) is 7.20. The Kier molecular flexibility index (Phi) is 5.57. The summed E-state index contributed by atoms with van der Waals surface area (Å²) in [5.74, 6) is 1.13. The molecule has 0 aromatic carbocycles. The zero-order valence-electron chi connectivity index (χ0n) is 12.3. The lowest BCUT2D eigenvalue weighted by atomic mass is 10.0. The fourth-order valence-electron chi connectivity index (χ4n) is 2.83. The van der Waals surface area contributed by atoms with Crippen molar-refractivity contribution in [2.24, 2.45) is 0 Å². The highest BCUT2D eigenvalue weighted by atomic mass is 32.2. The van der Waals surface area contributed by atoms with E-state index in [2.05, 4.69) is 0 Å². The van der Waals surface area contributed by atoms with Gasteiger partial charge in [0.05, 0.1) is 6.54 Å². The lowest BCUT2D eigenvalue weighted by Crippen LogP contribution is -2.47. The van der Waals surface area contributed by atoms with Crippen LogP contribution in [-0.2, 0) is 9.53 Å². The monoisotopic (exact) mass is 300 g/mol. The largest absolute Gasteiger partial charge is 0.444 e. The van der Waals surface area contributed by atoms with E-state index in [1.807, 2.05) is 23.0 Å². The van der Waals surface area contributed by atoms with Crippen molar-refractivity contribution >= 4 is 23.8 Å². The van der Waals surface area contributed by atoms with Crippen molar-refractivity contribution in [3.63, 3.8) is 0 Å². The van der Waals surface area contributed by atoms with Crippen molar-refractivity contribution in [1.82, 2.24) is 9.80 Å². The number of cyclic esters (lactones) is 1. The summed E-state index contributed by atoms with van der Waals surface area (Å²) in [5.41, 5.74) is 0. The minimum Gasteiger partial charge on any atom is -0.444 e. The molecule has 0 aromatic heterocycles. The molecule has 6 heteroatoms. The zero-order valence-corrected chi connectivity index (χ0v) is 13.2. The molecule has 2 aliphatic rings. The van der Waals surface area contributed by atoms with Crippen LogP contribution in [0.3, 0.4) is 0 Å². The number of hydrogen-bond donors (Lipinski definition) is 0. The summed E-state index contributed by atoms with van der Waals surface area (Å²) in [5, 5.41) is 0. The van der Waals surface area contributed by atoms with Gasteiger partial charge in [-0.25, -0.2) is 4.79 Å². The molecule has 114 valence electrons. The van der Waals surface area contributed by atoms with Crippen LogP contribution in [0.2, 0.25) is 0 Å². The van der Waals surface area contributed by atoms with E-state index < -0.39 is 0 Å². The Morgan fingerprint density at radius 2 is 2.10 bits per heavy atom. The molecule has 0 aliphatic carbocycles. The summed E-state index contributed by atoms with van der Waals surface area (Å²) in [6.07, 6.45) is 5.12. The predicted molar refractivity (Wildman–Crippen MR) is 79.9 cm³/mol. The molecule has 0 saturated carbocycles. The molecule has 2 rings (SSSR count). The van der Waals surface area contributed by atoms with Crippen molar-refractivity contribution in [2.75, 3.05) is 31.6 Å². The SMILES string of the molecule is CCC1CN(C2CCN(C(=O)CCSC)CC2)C(=O)O1. The van der Waals surface area contributed by atoms with Crippen LogP contribution in [0.1, 0.15) is 32.6 Å². The quantitative estimate of drug-likeness (QED) is 0.779. The van der Waals surface area contributed by atoms with Crippen molar-refractivity contribution in [3.8, 4) is 0 Å². The van der Waals surface area contributed by atoms with Gasteiger partial charge in [-0.2, -0.15) is 11.8 Å². The molecule has 0 spiro atoms. The van der Waals surface area contributed by atoms with E-state index in [0.29, 0.717) is 13.0 Å². The van der Waals surface area contributed by atoms with Crippen molar-refractivity contribution in [3.05, 3.63) is 0 Å². The van der Waals surface area contributed by atoms with Crippen LogP contribution < -0.4 is 0 Å². The molecular formula is C14H24N2O3S. The first-order valence-electron chi connectivity index (χ1n) is 7.39. The molecule has 2 heterocycles. The number of carbonyl (C=O) groups excluding carboxylic acids is 2. The molecule has 20 heavy (non-hydrogen) atoms. The van der Waals surface area contributed by atoms with Crippen LogP contribution in [0.4, 0.5) is 4.79 Å². The molecule has 2 saturated heterocycles. The Bertz CT molecular complexity index is 356. The average molecular weight is 300 g/mol. The van der Waals surface area contributed by atoms with E-state index in [9.17, 15) is 9.59 Å². The summed E-state index contributed by atoms with van der Waals surface area (Å²) in [7, 11) is 0. The minimum atomic E-state index is -0.177. The van der Waals surface area contributed by atoms with E-state index in [1.165, 1.54) is 0 Å². The van der Waals surface area contributed by atoms with Gasteiger partial charge in [-0.15, -0.1) is 0 Å². The van der Waals surface area contributed by atoms with E-state index in [0.717, 1.165) is 38.1 Å². The van der Waals surface area contributed by atoms with Gasteiger partial charge < -0.3 is 14.5 Å². The van der Waals surface area contributed by atoms with Gasteiger partial charge in [-0.3, -0.25) is 4.79 Å². The van der Waals surface area contributed by atoms with Gasteiger partial charge in [0.25, 0.3) is 0 Å². The van der Waals surface area contributed by atoms with Crippen molar-refractivity contribution in [2.45, 2.75) is 44.8 Å². The summed E-state index contributed by atoms with van der Waals surface area (Å²) < 4.78 is 5.31. The van der Waals surface area contributed by atoms with Crippen LogP contribution in [0.25, 0.3) is 0 Å². The average Bonchev–Trinajstić information content (AvgIpc) is 2.86. The Balaban J connectivity index is 1.79. The summed E-state index contributed by atoms with van der Waals surface area (Å²) >= 11 is 1.70. The first kappa shape index (κ1) is 15.5. The number of nitrogens with zero attached hydrogens (tertiary/aromatic N) is 2. The second-order valence-electron chi connectivity index (χ2n) is 5.42. The van der Waals surface area contributed by atoms with E-state index >= 15 is 0 Å². The highest BCUT2D eigenvalue weighted by molar-refractivity contribution is 7.98. The maximum Gasteiger partial charge on any atom is 0.410 e. The molecule has 0 bridgehead atoms. The third kappa shape index (κ3) is 3.59. The summed E-state index contributed by atoms with van der Waals surface area (Å²) in [6.45, 7) is 4.27. The van der Waals surface area contributed by atoms with Gasteiger partial charge >= 0.3 is 6.09 Å². The third-order valence-corrected chi connectivity index (χ3v) is 4.75. The van der Waals surface area contributed by atoms with Gasteiger partial charge in [-0.05, 0) is 25.5 Å². The fraction of sp³-hybridized carbons (Fsp3) is 0.857. The number of hydrogen-bond acceptors (Lipinski definition) is 4. The first-order chi connectivity index (χ1) is 9.65. The fourth-order valence-corrected chi connectivity index (χ4v) is 3.21. The Morgan fingerprint density at radius 3 is 2.65 bits per heavy atom. The molecule has 0 aromatic rings. The highest BCUT2D eigenvalue weighted by Crippen LogP contribution is 2.23. The number of amides is 2. The maximum absolute atomic E-state index is 12.0. The lowest BCUT2D eigenvalue weighted by molar-refractivity contribution is -0.132. The molecule has 0 radical (unpaired) electrons.